The first-order chi connectivity index (χ1) is 6.18. The number of aliphatic carboxylic acids is 1. The van der Waals surface area contributed by atoms with Crippen molar-refractivity contribution in [2.45, 2.75) is 44.9 Å². The minimum atomic E-state index is -0.702. The molecule has 1 rings (SSSR count). The van der Waals surface area contributed by atoms with Crippen LogP contribution in [0.5, 0.6) is 0 Å². The number of carbonyl (C=O) groups is 1. The summed E-state index contributed by atoms with van der Waals surface area (Å²) in [7, 11) is 0. The highest BCUT2D eigenvalue weighted by atomic mass is 35.5. The first-order valence-electron chi connectivity index (χ1n) is 5.10. The zero-order chi connectivity index (χ0) is 9.73. The van der Waals surface area contributed by atoms with Crippen LogP contribution in [0.3, 0.4) is 0 Å². The van der Waals surface area contributed by atoms with Gasteiger partial charge in [0.15, 0.2) is 0 Å². The molecule has 3 N–H and O–H groups in total. The standard InChI is InChI=1S/C10H19NO2.ClH/c11-8-10(7-9(12)13)5-3-1-2-4-6-10;/h1-8,11H2,(H,12,13);1H. The summed E-state index contributed by atoms with van der Waals surface area (Å²) in [5.41, 5.74) is 5.60. The molecule has 3 nitrogen and oxygen atoms in total. The van der Waals surface area contributed by atoms with Gasteiger partial charge in [-0.25, -0.2) is 0 Å². The first-order valence-corrected chi connectivity index (χ1v) is 5.10. The third-order valence-electron chi connectivity index (χ3n) is 3.12. The predicted molar refractivity (Wildman–Crippen MR) is 58.7 cm³/mol. The van der Waals surface area contributed by atoms with E-state index in [1.165, 1.54) is 12.8 Å². The van der Waals surface area contributed by atoms with E-state index in [4.69, 9.17) is 10.8 Å². The fourth-order valence-electron chi connectivity index (χ4n) is 2.25. The quantitative estimate of drug-likeness (QED) is 0.719. The molecule has 0 bridgehead atoms. The second-order valence-electron chi connectivity index (χ2n) is 4.19. The Kier molecular flexibility index (Phi) is 6.12. The van der Waals surface area contributed by atoms with E-state index in [-0.39, 0.29) is 24.2 Å². The normalized spacial score (nSPS) is 20.6. The van der Waals surface area contributed by atoms with E-state index in [9.17, 15) is 4.79 Å². The largest absolute Gasteiger partial charge is 0.481 e. The molecule has 4 heteroatoms. The molecular formula is C10H20ClNO2. The second-order valence-corrected chi connectivity index (χ2v) is 4.19. The van der Waals surface area contributed by atoms with Crippen molar-refractivity contribution in [1.29, 1.82) is 0 Å². The van der Waals surface area contributed by atoms with E-state index >= 15 is 0 Å². The summed E-state index contributed by atoms with van der Waals surface area (Å²) in [5, 5.41) is 8.80. The Balaban J connectivity index is 0.00000169. The number of rotatable bonds is 3. The van der Waals surface area contributed by atoms with E-state index in [0.717, 1.165) is 25.7 Å². The highest BCUT2D eigenvalue weighted by molar-refractivity contribution is 5.85. The molecule has 0 aromatic carbocycles. The Hall–Kier alpha value is -0.280. The number of nitrogens with two attached hydrogens (primary N) is 1. The van der Waals surface area contributed by atoms with Crippen LogP contribution in [0, 0.1) is 5.41 Å². The molecule has 84 valence electrons. The van der Waals surface area contributed by atoms with Crippen LogP contribution in [0.25, 0.3) is 0 Å². The van der Waals surface area contributed by atoms with Crippen LogP contribution >= 0.6 is 12.4 Å². The maximum atomic E-state index is 10.7. The van der Waals surface area contributed by atoms with Gasteiger partial charge in [-0.3, -0.25) is 4.79 Å². The first kappa shape index (κ1) is 13.7. The molecule has 0 unspecified atom stereocenters. The lowest BCUT2D eigenvalue weighted by Gasteiger charge is -2.29. The van der Waals surface area contributed by atoms with Crippen molar-refractivity contribution in [3.63, 3.8) is 0 Å². The van der Waals surface area contributed by atoms with Gasteiger partial charge >= 0.3 is 5.97 Å². The molecule has 0 saturated heterocycles. The highest BCUT2D eigenvalue weighted by Crippen LogP contribution is 2.36. The average molecular weight is 222 g/mol. The summed E-state index contributed by atoms with van der Waals surface area (Å²) in [6, 6.07) is 0. The lowest BCUT2D eigenvalue weighted by atomic mass is 9.77. The Morgan fingerprint density at radius 3 is 2.07 bits per heavy atom. The van der Waals surface area contributed by atoms with E-state index in [2.05, 4.69) is 0 Å². The summed E-state index contributed by atoms with van der Waals surface area (Å²) >= 11 is 0. The molecule has 0 aliphatic heterocycles. The molecule has 1 aliphatic carbocycles. The summed E-state index contributed by atoms with van der Waals surface area (Å²) in [6.45, 7) is 0.527. The third-order valence-corrected chi connectivity index (χ3v) is 3.12. The van der Waals surface area contributed by atoms with E-state index in [1.807, 2.05) is 0 Å². The minimum absolute atomic E-state index is 0. The van der Waals surface area contributed by atoms with Crippen LogP contribution in [0.1, 0.15) is 44.9 Å². The number of halogens is 1. The van der Waals surface area contributed by atoms with Crippen molar-refractivity contribution in [1.82, 2.24) is 0 Å². The molecule has 0 heterocycles. The van der Waals surface area contributed by atoms with Crippen molar-refractivity contribution < 1.29 is 9.90 Å². The maximum absolute atomic E-state index is 10.7. The Labute approximate surface area is 91.5 Å². The van der Waals surface area contributed by atoms with E-state index in [0.29, 0.717) is 6.54 Å². The van der Waals surface area contributed by atoms with Gasteiger partial charge in [-0.15, -0.1) is 12.4 Å². The van der Waals surface area contributed by atoms with Crippen molar-refractivity contribution in [2.24, 2.45) is 11.1 Å². The van der Waals surface area contributed by atoms with Crippen LogP contribution in [-0.4, -0.2) is 17.6 Å². The van der Waals surface area contributed by atoms with Gasteiger partial charge in [0.1, 0.15) is 0 Å². The van der Waals surface area contributed by atoms with Crippen LogP contribution in [-0.2, 0) is 4.79 Å². The van der Waals surface area contributed by atoms with Gasteiger partial charge in [-0.1, -0.05) is 25.7 Å². The van der Waals surface area contributed by atoms with Crippen molar-refractivity contribution in [3.05, 3.63) is 0 Å². The lowest BCUT2D eigenvalue weighted by Crippen LogP contribution is -2.32. The fourth-order valence-corrected chi connectivity index (χ4v) is 2.25. The van der Waals surface area contributed by atoms with Crippen LogP contribution in [0.2, 0.25) is 0 Å². The molecule has 14 heavy (non-hydrogen) atoms. The predicted octanol–water partition coefficient (Wildman–Crippen LogP) is 2.18. The SMILES string of the molecule is Cl.NCC1(CC(=O)O)CCCCCC1. The van der Waals surface area contributed by atoms with E-state index in [1.54, 1.807) is 0 Å². The van der Waals surface area contributed by atoms with Gasteiger partial charge in [0, 0.05) is 0 Å². The number of carboxylic acid groups (broad SMARTS) is 1. The van der Waals surface area contributed by atoms with Crippen molar-refractivity contribution >= 4 is 18.4 Å². The Morgan fingerprint density at radius 2 is 1.71 bits per heavy atom. The van der Waals surface area contributed by atoms with Gasteiger partial charge in [0.2, 0.25) is 0 Å². The van der Waals surface area contributed by atoms with E-state index < -0.39 is 5.97 Å². The molecule has 0 aromatic rings. The average Bonchev–Trinajstić information content (AvgIpc) is 2.30. The monoisotopic (exact) mass is 221 g/mol. The van der Waals surface area contributed by atoms with Crippen LogP contribution in [0.15, 0.2) is 0 Å². The Morgan fingerprint density at radius 1 is 1.21 bits per heavy atom. The lowest BCUT2D eigenvalue weighted by molar-refractivity contribution is -0.139. The molecule has 0 aromatic heterocycles. The van der Waals surface area contributed by atoms with Gasteiger partial charge in [-0.2, -0.15) is 0 Å². The van der Waals surface area contributed by atoms with Gasteiger partial charge < -0.3 is 10.8 Å². The smallest absolute Gasteiger partial charge is 0.303 e. The van der Waals surface area contributed by atoms with Crippen molar-refractivity contribution in [2.75, 3.05) is 6.54 Å². The highest BCUT2D eigenvalue weighted by Gasteiger charge is 2.31. The number of hydrogen-bond acceptors (Lipinski definition) is 2. The summed E-state index contributed by atoms with van der Waals surface area (Å²) in [6.07, 6.45) is 7.01. The number of hydrogen-bond donors (Lipinski definition) is 2. The van der Waals surface area contributed by atoms with Crippen LogP contribution < -0.4 is 5.73 Å². The molecule has 0 atom stereocenters. The maximum Gasteiger partial charge on any atom is 0.303 e. The molecule has 0 amide bonds. The molecule has 1 saturated carbocycles. The third kappa shape index (κ3) is 3.84. The van der Waals surface area contributed by atoms with Crippen LogP contribution in [0.4, 0.5) is 0 Å². The molecule has 0 spiro atoms. The topological polar surface area (TPSA) is 63.3 Å². The van der Waals surface area contributed by atoms with Crippen molar-refractivity contribution in [3.8, 4) is 0 Å². The summed E-state index contributed by atoms with van der Waals surface area (Å²) in [4.78, 5) is 10.7. The molecular weight excluding hydrogens is 202 g/mol. The molecule has 0 radical (unpaired) electrons. The summed E-state index contributed by atoms with van der Waals surface area (Å²) < 4.78 is 0. The Bertz CT molecular complexity index is 177. The minimum Gasteiger partial charge on any atom is -0.481 e. The molecule has 1 fully saturated rings. The fraction of sp³-hybridized carbons (Fsp3) is 0.900. The summed E-state index contributed by atoms with van der Waals surface area (Å²) in [5.74, 6) is -0.702. The zero-order valence-electron chi connectivity index (χ0n) is 8.50. The van der Waals surface area contributed by atoms with Gasteiger partial charge in [-0.05, 0) is 24.8 Å². The van der Waals surface area contributed by atoms with Gasteiger partial charge in [0.05, 0.1) is 6.42 Å². The van der Waals surface area contributed by atoms with Gasteiger partial charge in [0.25, 0.3) is 0 Å². The zero-order valence-corrected chi connectivity index (χ0v) is 9.31. The number of carboxylic acids is 1. The second kappa shape index (κ2) is 6.25. The molecule has 1 aliphatic rings.